The maximum atomic E-state index is 13.4. The molecule has 2 rings (SSSR count). The lowest BCUT2D eigenvalue weighted by molar-refractivity contribution is 0.586. The summed E-state index contributed by atoms with van der Waals surface area (Å²) in [6.07, 6.45) is 0.400. The summed E-state index contributed by atoms with van der Waals surface area (Å²) in [7, 11) is 0. The topological polar surface area (TPSA) is 38.0 Å². The van der Waals surface area contributed by atoms with Crippen LogP contribution in [0.5, 0.6) is 0 Å². The van der Waals surface area contributed by atoms with Crippen molar-refractivity contribution in [3.05, 3.63) is 59.2 Å². The normalized spacial score (nSPS) is 10.5. The van der Waals surface area contributed by atoms with Gasteiger partial charge in [-0.15, -0.1) is 0 Å². The molecule has 100 valence electrons. The van der Waals surface area contributed by atoms with Crippen LogP contribution in [0.1, 0.15) is 11.1 Å². The largest absolute Gasteiger partial charge is 0.397 e. The molecule has 2 aromatic carbocycles. The number of hydrogen-bond acceptors (Lipinski definition) is 2. The van der Waals surface area contributed by atoms with E-state index in [1.807, 2.05) is 19.1 Å². The van der Waals surface area contributed by atoms with Crippen molar-refractivity contribution in [1.82, 2.24) is 0 Å². The Labute approximate surface area is 111 Å². The Bertz CT molecular complexity index is 562. The first-order chi connectivity index (χ1) is 9.08. The van der Waals surface area contributed by atoms with Crippen LogP contribution in [0.3, 0.4) is 0 Å². The lowest BCUT2D eigenvalue weighted by Gasteiger charge is -2.12. The Balaban J connectivity index is 2.02. The quantitative estimate of drug-likeness (QED) is 0.827. The Kier molecular flexibility index (Phi) is 4.00. The van der Waals surface area contributed by atoms with Crippen LogP contribution in [-0.2, 0) is 6.42 Å². The van der Waals surface area contributed by atoms with Crippen molar-refractivity contribution in [1.29, 1.82) is 0 Å². The summed E-state index contributed by atoms with van der Waals surface area (Å²) in [6.45, 7) is 2.44. The van der Waals surface area contributed by atoms with Gasteiger partial charge in [0.2, 0.25) is 0 Å². The Morgan fingerprint density at radius 1 is 1.16 bits per heavy atom. The highest BCUT2D eigenvalue weighted by molar-refractivity contribution is 5.69. The minimum Gasteiger partial charge on any atom is -0.397 e. The van der Waals surface area contributed by atoms with Gasteiger partial charge in [0.25, 0.3) is 0 Å². The van der Waals surface area contributed by atoms with Gasteiger partial charge in [0.05, 0.1) is 11.4 Å². The summed E-state index contributed by atoms with van der Waals surface area (Å²) in [5.74, 6) is -0.812. The van der Waals surface area contributed by atoms with Crippen molar-refractivity contribution in [2.45, 2.75) is 13.3 Å². The monoisotopic (exact) mass is 262 g/mol. The number of hydrogen-bond donors (Lipinski definition) is 2. The van der Waals surface area contributed by atoms with Crippen molar-refractivity contribution in [3.63, 3.8) is 0 Å². The van der Waals surface area contributed by atoms with Crippen LogP contribution in [0, 0.1) is 18.6 Å². The standard InChI is InChI=1S/C15H16F2N2/c1-10-3-2-4-14(18)15(10)19-8-7-11-9-12(16)5-6-13(11)17/h2-6,9,19H,7-8,18H2,1H3. The number of nitrogens with two attached hydrogens (primary N) is 1. The van der Waals surface area contributed by atoms with Gasteiger partial charge in [-0.25, -0.2) is 8.78 Å². The van der Waals surface area contributed by atoms with Gasteiger partial charge in [-0.1, -0.05) is 12.1 Å². The molecule has 0 aliphatic rings. The van der Waals surface area contributed by atoms with E-state index in [0.29, 0.717) is 24.2 Å². The first-order valence-corrected chi connectivity index (χ1v) is 6.11. The fraction of sp³-hybridized carbons (Fsp3) is 0.200. The van der Waals surface area contributed by atoms with Gasteiger partial charge in [0, 0.05) is 6.54 Å². The van der Waals surface area contributed by atoms with Gasteiger partial charge in [-0.05, 0) is 48.7 Å². The molecule has 0 amide bonds. The average Bonchev–Trinajstić information content (AvgIpc) is 2.37. The number of aryl methyl sites for hydroxylation is 1. The van der Waals surface area contributed by atoms with E-state index in [-0.39, 0.29) is 5.82 Å². The summed E-state index contributed by atoms with van der Waals surface area (Å²) >= 11 is 0. The number of anilines is 2. The van der Waals surface area contributed by atoms with Crippen LogP contribution < -0.4 is 11.1 Å². The Hall–Kier alpha value is -2.10. The SMILES string of the molecule is Cc1cccc(N)c1NCCc1cc(F)ccc1F. The first kappa shape index (κ1) is 13.3. The summed E-state index contributed by atoms with van der Waals surface area (Å²) in [6, 6.07) is 9.11. The molecule has 0 saturated carbocycles. The van der Waals surface area contributed by atoms with Crippen molar-refractivity contribution >= 4 is 11.4 Å². The van der Waals surface area contributed by atoms with Crippen LogP contribution in [0.15, 0.2) is 36.4 Å². The van der Waals surface area contributed by atoms with Gasteiger partial charge in [-0.2, -0.15) is 0 Å². The molecule has 0 saturated heterocycles. The van der Waals surface area contributed by atoms with Crippen LogP contribution >= 0.6 is 0 Å². The number of halogens is 2. The van der Waals surface area contributed by atoms with E-state index >= 15 is 0 Å². The van der Waals surface area contributed by atoms with Crippen LogP contribution in [0.2, 0.25) is 0 Å². The van der Waals surface area contributed by atoms with E-state index in [1.165, 1.54) is 6.07 Å². The third kappa shape index (κ3) is 3.22. The molecule has 2 nitrogen and oxygen atoms in total. The van der Waals surface area contributed by atoms with Crippen molar-refractivity contribution < 1.29 is 8.78 Å². The first-order valence-electron chi connectivity index (χ1n) is 6.11. The molecule has 0 aliphatic heterocycles. The third-order valence-corrected chi connectivity index (χ3v) is 3.01. The van der Waals surface area contributed by atoms with Crippen LogP contribution in [-0.4, -0.2) is 6.54 Å². The second-order valence-electron chi connectivity index (χ2n) is 4.45. The van der Waals surface area contributed by atoms with E-state index in [0.717, 1.165) is 23.4 Å². The third-order valence-electron chi connectivity index (χ3n) is 3.01. The highest BCUT2D eigenvalue weighted by Gasteiger charge is 2.05. The predicted octanol–water partition coefficient (Wildman–Crippen LogP) is 3.51. The highest BCUT2D eigenvalue weighted by atomic mass is 19.1. The lowest BCUT2D eigenvalue weighted by atomic mass is 10.1. The molecule has 0 radical (unpaired) electrons. The van der Waals surface area contributed by atoms with Gasteiger partial charge in [-0.3, -0.25) is 0 Å². The zero-order valence-electron chi connectivity index (χ0n) is 10.7. The highest BCUT2D eigenvalue weighted by Crippen LogP contribution is 2.22. The number of benzene rings is 2. The van der Waals surface area contributed by atoms with E-state index in [1.54, 1.807) is 6.07 Å². The second kappa shape index (κ2) is 5.69. The maximum Gasteiger partial charge on any atom is 0.126 e. The molecule has 0 atom stereocenters. The Morgan fingerprint density at radius 3 is 2.68 bits per heavy atom. The van der Waals surface area contributed by atoms with Crippen LogP contribution in [0.25, 0.3) is 0 Å². The lowest BCUT2D eigenvalue weighted by Crippen LogP contribution is -2.09. The zero-order chi connectivity index (χ0) is 13.8. The van der Waals surface area contributed by atoms with E-state index in [9.17, 15) is 8.78 Å². The number of para-hydroxylation sites is 1. The van der Waals surface area contributed by atoms with E-state index in [4.69, 9.17) is 5.73 Å². The fourth-order valence-corrected chi connectivity index (χ4v) is 1.99. The minimum atomic E-state index is -0.424. The van der Waals surface area contributed by atoms with Crippen molar-refractivity contribution in [2.24, 2.45) is 0 Å². The maximum absolute atomic E-state index is 13.4. The molecule has 2 aromatic rings. The molecular formula is C15H16F2N2. The van der Waals surface area contributed by atoms with E-state index in [2.05, 4.69) is 5.32 Å². The second-order valence-corrected chi connectivity index (χ2v) is 4.45. The summed E-state index contributed by atoms with van der Waals surface area (Å²) in [4.78, 5) is 0. The van der Waals surface area contributed by atoms with Gasteiger partial charge in [0.1, 0.15) is 11.6 Å². The van der Waals surface area contributed by atoms with E-state index < -0.39 is 5.82 Å². The number of rotatable bonds is 4. The molecule has 0 unspecified atom stereocenters. The molecular weight excluding hydrogens is 246 g/mol. The fourth-order valence-electron chi connectivity index (χ4n) is 1.99. The smallest absolute Gasteiger partial charge is 0.126 e. The van der Waals surface area contributed by atoms with Crippen molar-refractivity contribution in [2.75, 3.05) is 17.6 Å². The number of nitrogen functional groups attached to an aromatic ring is 1. The minimum absolute atomic E-state index is 0.361. The molecule has 0 aromatic heterocycles. The molecule has 0 aliphatic carbocycles. The van der Waals surface area contributed by atoms with Gasteiger partial charge in [0.15, 0.2) is 0 Å². The molecule has 0 fully saturated rings. The molecule has 0 heterocycles. The molecule has 4 heteroatoms. The van der Waals surface area contributed by atoms with Crippen LogP contribution in [0.4, 0.5) is 20.2 Å². The zero-order valence-corrected chi connectivity index (χ0v) is 10.7. The molecule has 19 heavy (non-hydrogen) atoms. The number of nitrogens with one attached hydrogen (secondary N) is 1. The summed E-state index contributed by atoms with van der Waals surface area (Å²) in [5, 5.41) is 3.16. The summed E-state index contributed by atoms with van der Waals surface area (Å²) < 4.78 is 26.5. The molecule has 3 N–H and O–H groups in total. The Morgan fingerprint density at radius 2 is 1.95 bits per heavy atom. The van der Waals surface area contributed by atoms with Gasteiger partial charge < -0.3 is 11.1 Å². The predicted molar refractivity (Wildman–Crippen MR) is 74.1 cm³/mol. The van der Waals surface area contributed by atoms with Gasteiger partial charge >= 0.3 is 0 Å². The van der Waals surface area contributed by atoms with Crippen molar-refractivity contribution in [3.8, 4) is 0 Å². The summed E-state index contributed by atoms with van der Waals surface area (Å²) in [5.41, 5.74) is 8.75. The molecule has 0 bridgehead atoms. The molecule has 0 spiro atoms. The average molecular weight is 262 g/mol.